The van der Waals surface area contributed by atoms with Crippen LogP contribution in [0.4, 0.5) is 5.69 Å². The normalized spacial score (nSPS) is 14.2. The van der Waals surface area contributed by atoms with Gasteiger partial charge in [0.1, 0.15) is 10.6 Å². The molecule has 1 aliphatic heterocycles. The zero-order valence-corrected chi connectivity index (χ0v) is 20.2. The van der Waals surface area contributed by atoms with Crippen molar-refractivity contribution in [1.82, 2.24) is 14.7 Å². The Bertz CT molecular complexity index is 1290. The lowest BCUT2D eigenvalue weighted by molar-refractivity contribution is 0.0751. The highest BCUT2D eigenvalue weighted by Gasteiger charge is 2.26. The van der Waals surface area contributed by atoms with Gasteiger partial charge < -0.3 is 14.5 Å². The second kappa shape index (κ2) is 9.08. The lowest BCUT2D eigenvalue weighted by atomic mass is 10.2. The first-order chi connectivity index (χ1) is 16.0. The number of hydrogen-bond donors (Lipinski definition) is 0. The molecule has 0 bridgehead atoms. The van der Waals surface area contributed by atoms with Crippen molar-refractivity contribution in [2.45, 2.75) is 13.5 Å². The Morgan fingerprint density at radius 1 is 1.09 bits per heavy atom. The van der Waals surface area contributed by atoms with E-state index in [1.165, 1.54) is 11.3 Å². The van der Waals surface area contributed by atoms with E-state index in [1.807, 2.05) is 65.0 Å². The third-order valence-electron chi connectivity index (χ3n) is 6.06. The molecule has 5 rings (SSSR count). The number of ether oxygens (including phenoxy) is 1. The van der Waals surface area contributed by atoms with Crippen LogP contribution in [0.1, 0.15) is 20.9 Å². The molecule has 0 N–H and O–H groups in total. The summed E-state index contributed by atoms with van der Waals surface area (Å²) in [5.41, 5.74) is 3.14. The molecule has 0 spiro atoms. The van der Waals surface area contributed by atoms with Crippen LogP contribution >= 0.6 is 22.9 Å². The predicted molar refractivity (Wildman–Crippen MR) is 134 cm³/mol. The maximum Gasteiger partial charge on any atom is 0.264 e. The molecule has 1 saturated heterocycles. The molecule has 33 heavy (non-hydrogen) atoms. The number of aromatic nitrogens is 2. The number of aryl methyl sites for hydroxylation is 1. The molecule has 8 heteroatoms. The number of rotatable bonds is 5. The molecular weight excluding hydrogens is 456 g/mol. The number of carbonyl (C=O) groups is 1. The molecule has 0 unspecified atom stereocenters. The minimum Gasteiger partial charge on any atom is -0.495 e. The topological polar surface area (TPSA) is 50.6 Å². The molecule has 0 aliphatic carbocycles. The summed E-state index contributed by atoms with van der Waals surface area (Å²) in [7, 11) is 1.69. The Hall–Kier alpha value is -3.03. The number of carbonyl (C=O) groups excluding carboxylic acids is 1. The minimum atomic E-state index is 0.0910. The van der Waals surface area contributed by atoms with Gasteiger partial charge in [-0.05, 0) is 42.8 Å². The van der Waals surface area contributed by atoms with Gasteiger partial charge in [-0.2, -0.15) is 5.10 Å². The van der Waals surface area contributed by atoms with E-state index in [-0.39, 0.29) is 5.91 Å². The summed E-state index contributed by atoms with van der Waals surface area (Å²) in [5, 5.41) is 6.46. The Morgan fingerprint density at radius 3 is 2.55 bits per heavy atom. The van der Waals surface area contributed by atoms with Crippen LogP contribution in [0, 0.1) is 6.92 Å². The van der Waals surface area contributed by atoms with Gasteiger partial charge in [-0.15, -0.1) is 11.3 Å². The van der Waals surface area contributed by atoms with Gasteiger partial charge in [0.25, 0.3) is 5.91 Å². The fourth-order valence-corrected chi connectivity index (χ4v) is 5.54. The number of anilines is 1. The van der Waals surface area contributed by atoms with Crippen molar-refractivity contribution in [3.63, 3.8) is 0 Å². The van der Waals surface area contributed by atoms with Crippen LogP contribution in [0.25, 0.3) is 10.2 Å². The highest BCUT2D eigenvalue weighted by molar-refractivity contribution is 7.20. The van der Waals surface area contributed by atoms with Crippen LogP contribution in [0.15, 0.2) is 54.6 Å². The highest BCUT2D eigenvalue weighted by atomic mass is 35.5. The zero-order valence-electron chi connectivity index (χ0n) is 18.6. The maximum absolute atomic E-state index is 13.3. The summed E-state index contributed by atoms with van der Waals surface area (Å²) in [5.74, 6) is 0.954. The van der Waals surface area contributed by atoms with Crippen LogP contribution < -0.4 is 9.64 Å². The van der Waals surface area contributed by atoms with Gasteiger partial charge in [0.2, 0.25) is 0 Å². The number of amides is 1. The Morgan fingerprint density at radius 2 is 1.82 bits per heavy atom. The number of fused-ring (bicyclic) bond motifs is 1. The third kappa shape index (κ3) is 4.30. The van der Waals surface area contributed by atoms with Crippen LogP contribution in [-0.4, -0.2) is 53.9 Å². The maximum atomic E-state index is 13.3. The van der Waals surface area contributed by atoms with Crippen LogP contribution in [-0.2, 0) is 6.54 Å². The van der Waals surface area contributed by atoms with Crippen molar-refractivity contribution in [2.75, 3.05) is 38.2 Å². The van der Waals surface area contributed by atoms with Gasteiger partial charge in [0.05, 0.1) is 29.9 Å². The van der Waals surface area contributed by atoms with Crippen molar-refractivity contribution in [3.05, 3.63) is 75.8 Å². The summed E-state index contributed by atoms with van der Waals surface area (Å²) in [6.07, 6.45) is 0. The van der Waals surface area contributed by atoms with Crippen molar-refractivity contribution < 1.29 is 9.53 Å². The molecule has 1 fully saturated rings. The van der Waals surface area contributed by atoms with E-state index in [0.29, 0.717) is 19.6 Å². The number of benzene rings is 2. The summed E-state index contributed by atoms with van der Waals surface area (Å²) in [6.45, 7) is 5.56. The van der Waals surface area contributed by atoms with Crippen molar-refractivity contribution in [3.8, 4) is 5.75 Å². The van der Waals surface area contributed by atoms with E-state index in [9.17, 15) is 4.79 Å². The fourth-order valence-electron chi connectivity index (χ4n) is 4.29. The molecule has 1 aliphatic rings. The first kappa shape index (κ1) is 21.8. The van der Waals surface area contributed by atoms with Crippen LogP contribution in [0.5, 0.6) is 5.75 Å². The Balaban J connectivity index is 1.31. The molecular formula is C25H25ClN4O2S. The van der Waals surface area contributed by atoms with Gasteiger partial charge in [-0.1, -0.05) is 35.9 Å². The number of nitrogens with zero attached hydrogens (tertiary/aromatic N) is 4. The summed E-state index contributed by atoms with van der Waals surface area (Å²) < 4.78 is 7.48. The molecule has 6 nitrogen and oxygen atoms in total. The molecule has 2 aromatic heterocycles. The van der Waals surface area contributed by atoms with Crippen LogP contribution in [0.3, 0.4) is 0 Å². The number of methoxy groups -OCH3 is 1. The van der Waals surface area contributed by atoms with E-state index in [2.05, 4.69) is 11.0 Å². The standard InChI is InChI=1S/C25H25ClN4O2S/c1-17-20-15-23(33-25(20)30(27-17)16-18-7-9-19(26)10-8-18)24(31)29-13-11-28(12-14-29)21-5-3-4-6-22(21)32-2/h3-10,15H,11-14,16H2,1-2H3. The quantitative estimate of drug-likeness (QED) is 0.399. The second-order valence-electron chi connectivity index (χ2n) is 8.15. The van der Waals surface area contributed by atoms with Crippen LogP contribution in [0.2, 0.25) is 5.02 Å². The SMILES string of the molecule is COc1ccccc1N1CCN(C(=O)c2cc3c(C)nn(Cc4ccc(Cl)cc4)c3s2)CC1. The number of halogens is 1. The first-order valence-corrected chi connectivity index (χ1v) is 12.1. The third-order valence-corrected chi connectivity index (χ3v) is 7.44. The average molecular weight is 481 g/mol. The Labute approximate surface area is 201 Å². The number of thiophene rings is 1. The lowest BCUT2D eigenvalue weighted by Gasteiger charge is -2.36. The fraction of sp³-hybridized carbons (Fsp3) is 0.280. The second-order valence-corrected chi connectivity index (χ2v) is 9.62. The number of piperazine rings is 1. The van der Waals surface area contributed by atoms with Gasteiger partial charge >= 0.3 is 0 Å². The molecule has 1 amide bonds. The molecule has 0 radical (unpaired) electrons. The van der Waals surface area contributed by atoms with Crippen molar-refractivity contribution in [1.29, 1.82) is 0 Å². The van der Waals surface area contributed by atoms with E-state index >= 15 is 0 Å². The van der Waals surface area contributed by atoms with Gasteiger partial charge in [-0.25, -0.2) is 0 Å². The number of hydrogen-bond acceptors (Lipinski definition) is 5. The number of para-hydroxylation sites is 2. The zero-order chi connectivity index (χ0) is 22.9. The monoisotopic (exact) mass is 480 g/mol. The molecule has 2 aromatic carbocycles. The highest BCUT2D eigenvalue weighted by Crippen LogP contribution is 2.31. The molecule has 170 valence electrons. The average Bonchev–Trinajstić information content (AvgIpc) is 3.41. The van der Waals surface area contributed by atoms with Crippen molar-refractivity contribution in [2.24, 2.45) is 0 Å². The first-order valence-electron chi connectivity index (χ1n) is 10.9. The molecule has 0 saturated carbocycles. The predicted octanol–water partition coefficient (Wildman–Crippen LogP) is 5.08. The van der Waals surface area contributed by atoms with Crippen molar-refractivity contribution >= 4 is 44.7 Å². The molecule has 3 heterocycles. The summed E-state index contributed by atoms with van der Waals surface area (Å²) in [6, 6.07) is 17.8. The van der Waals surface area contributed by atoms with E-state index in [0.717, 1.165) is 55.9 Å². The summed E-state index contributed by atoms with van der Waals surface area (Å²) in [4.78, 5) is 19.3. The van der Waals surface area contributed by atoms with E-state index in [1.54, 1.807) is 7.11 Å². The van der Waals surface area contributed by atoms with E-state index in [4.69, 9.17) is 21.4 Å². The van der Waals surface area contributed by atoms with Gasteiger partial charge in [0, 0.05) is 36.6 Å². The molecule has 4 aromatic rings. The van der Waals surface area contributed by atoms with Gasteiger partial charge in [0.15, 0.2) is 0 Å². The summed E-state index contributed by atoms with van der Waals surface area (Å²) >= 11 is 7.53. The minimum absolute atomic E-state index is 0.0910. The lowest BCUT2D eigenvalue weighted by Crippen LogP contribution is -2.48. The molecule has 0 atom stereocenters. The largest absolute Gasteiger partial charge is 0.495 e. The Kier molecular flexibility index (Phi) is 6.00. The smallest absolute Gasteiger partial charge is 0.264 e. The van der Waals surface area contributed by atoms with Gasteiger partial charge in [-0.3, -0.25) is 9.48 Å². The van der Waals surface area contributed by atoms with E-state index < -0.39 is 0 Å².